The molecular weight excluding hydrogens is 346 g/mol. The molecule has 0 fully saturated rings. The molecule has 1 aliphatic heterocycles. The van der Waals surface area contributed by atoms with Gasteiger partial charge >= 0.3 is 0 Å². The topological polar surface area (TPSA) is 35.2 Å². The Bertz CT molecular complexity index is 608. The van der Waals surface area contributed by atoms with Gasteiger partial charge in [-0.1, -0.05) is 29.3 Å². The number of hydrogen-bond acceptors (Lipinski definition) is 3. The summed E-state index contributed by atoms with van der Waals surface area (Å²) in [6, 6.07) is 8.18. The summed E-state index contributed by atoms with van der Waals surface area (Å²) in [6.07, 6.45) is 0.763. The molecule has 1 aromatic heterocycles. The monoisotopic (exact) mass is 357 g/mol. The van der Waals surface area contributed by atoms with Crippen molar-refractivity contribution in [1.82, 2.24) is 0 Å². The summed E-state index contributed by atoms with van der Waals surface area (Å²) in [7, 11) is 0. The van der Waals surface area contributed by atoms with E-state index in [4.69, 9.17) is 22.1 Å². The number of benzene rings is 1. The molecule has 3 rings (SSSR count). The number of rotatable bonds is 1. The molecule has 19 heavy (non-hydrogen) atoms. The molecular formula is C14H13BrClNOS. The van der Waals surface area contributed by atoms with Crippen LogP contribution in [0.2, 0.25) is 4.34 Å². The van der Waals surface area contributed by atoms with Gasteiger partial charge in [0.2, 0.25) is 0 Å². The molecule has 1 unspecified atom stereocenters. The fourth-order valence-corrected chi connectivity index (χ4v) is 4.10. The van der Waals surface area contributed by atoms with Crippen molar-refractivity contribution in [3.05, 3.63) is 49.1 Å². The highest BCUT2D eigenvalue weighted by Crippen LogP contribution is 2.44. The van der Waals surface area contributed by atoms with Gasteiger partial charge in [-0.05, 0) is 35.0 Å². The summed E-state index contributed by atoms with van der Waals surface area (Å²) in [5.74, 6) is 0.884. The predicted octanol–water partition coefficient (Wildman–Crippen LogP) is 5.00. The molecule has 5 heteroatoms. The van der Waals surface area contributed by atoms with Crippen molar-refractivity contribution in [2.45, 2.75) is 25.5 Å². The first-order valence-electron chi connectivity index (χ1n) is 6.02. The second-order valence-electron chi connectivity index (χ2n) is 4.76. The maximum absolute atomic E-state index is 6.27. The van der Waals surface area contributed by atoms with Crippen LogP contribution in [-0.4, -0.2) is 0 Å². The van der Waals surface area contributed by atoms with E-state index in [1.807, 2.05) is 18.2 Å². The number of hydrogen-bond donors (Lipinski definition) is 1. The van der Waals surface area contributed by atoms with E-state index in [-0.39, 0.29) is 12.1 Å². The van der Waals surface area contributed by atoms with Crippen molar-refractivity contribution in [3.63, 3.8) is 0 Å². The Balaban J connectivity index is 1.94. The first-order valence-corrected chi connectivity index (χ1v) is 8.01. The van der Waals surface area contributed by atoms with Crippen molar-refractivity contribution in [2.24, 2.45) is 5.73 Å². The van der Waals surface area contributed by atoms with Crippen LogP contribution in [0.25, 0.3) is 0 Å². The minimum absolute atomic E-state index is 0.00769. The minimum Gasteiger partial charge on any atom is -0.484 e. The minimum atomic E-state index is -0.0148. The van der Waals surface area contributed by atoms with E-state index < -0.39 is 0 Å². The molecule has 0 radical (unpaired) electrons. The standard InChI is InChI=1S/C14H13BrClNOS/c1-7-2-3-11-8(4-7)10(17)6-12(18-11)13-5-9(15)14(16)19-13/h2-5,10,12H,6,17H2,1H3/t10-,12?/m1/s1. The van der Waals surface area contributed by atoms with Gasteiger partial charge in [0.25, 0.3) is 0 Å². The maximum atomic E-state index is 6.27. The second kappa shape index (κ2) is 5.09. The van der Waals surface area contributed by atoms with Gasteiger partial charge < -0.3 is 10.5 Å². The molecule has 2 atom stereocenters. The molecule has 2 nitrogen and oxygen atoms in total. The third-order valence-electron chi connectivity index (χ3n) is 3.28. The summed E-state index contributed by atoms with van der Waals surface area (Å²) < 4.78 is 7.73. The largest absolute Gasteiger partial charge is 0.484 e. The first-order chi connectivity index (χ1) is 9.04. The quantitative estimate of drug-likeness (QED) is 0.779. The van der Waals surface area contributed by atoms with Crippen LogP contribution in [0.5, 0.6) is 5.75 Å². The molecule has 100 valence electrons. The molecule has 0 aliphatic carbocycles. The molecule has 0 saturated heterocycles. The van der Waals surface area contributed by atoms with Gasteiger partial charge in [0, 0.05) is 27.4 Å². The van der Waals surface area contributed by atoms with Gasteiger partial charge in [0.1, 0.15) is 16.2 Å². The van der Waals surface area contributed by atoms with Gasteiger partial charge in [0.15, 0.2) is 0 Å². The van der Waals surface area contributed by atoms with E-state index in [2.05, 4.69) is 28.9 Å². The number of thiophene rings is 1. The Labute approximate surface area is 129 Å². The zero-order chi connectivity index (χ0) is 13.6. The summed E-state index contributed by atoms with van der Waals surface area (Å²) in [6.45, 7) is 2.06. The lowest BCUT2D eigenvalue weighted by Crippen LogP contribution is -2.23. The number of nitrogens with two attached hydrogens (primary N) is 1. The van der Waals surface area contributed by atoms with Crippen molar-refractivity contribution in [2.75, 3.05) is 0 Å². The van der Waals surface area contributed by atoms with E-state index in [0.29, 0.717) is 0 Å². The van der Waals surface area contributed by atoms with Crippen LogP contribution in [-0.2, 0) is 0 Å². The lowest BCUT2D eigenvalue weighted by Gasteiger charge is -2.30. The average Bonchev–Trinajstić information content (AvgIpc) is 2.70. The van der Waals surface area contributed by atoms with Gasteiger partial charge in [-0.2, -0.15) is 0 Å². The molecule has 1 aromatic carbocycles. The Morgan fingerprint density at radius 3 is 2.89 bits per heavy atom. The van der Waals surface area contributed by atoms with Crippen LogP contribution >= 0.6 is 38.9 Å². The molecule has 0 spiro atoms. The molecule has 0 saturated carbocycles. The smallest absolute Gasteiger partial charge is 0.135 e. The van der Waals surface area contributed by atoms with E-state index in [0.717, 1.165) is 31.4 Å². The Morgan fingerprint density at radius 2 is 2.21 bits per heavy atom. The normalized spacial score (nSPS) is 21.9. The van der Waals surface area contributed by atoms with Crippen LogP contribution < -0.4 is 10.5 Å². The second-order valence-corrected chi connectivity index (χ2v) is 7.30. The third-order valence-corrected chi connectivity index (χ3v) is 5.85. The summed E-state index contributed by atoms with van der Waals surface area (Å²) in [5.41, 5.74) is 8.57. The van der Waals surface area contributed by atoms with Crippen molar-refractivity contribution < 1.29 is 4.74 Å². The van der Waals surface area contributed by atoms with Gasteiger partial charge in [0.05, 0.1) is 0 Å². The molecule has 1 aliphatic rings. The fraction of sp³-hybridized carbons (Fsp3) is 0.286. The maximum Gasteiger partial charge on any atom is 0.135 e. The molecule has 2 heterocycles. The highest BCUT2D eigenvalue weighted by Gasteiger charge is 2.28. The van der Waals surface area contributed by atoms with Crippen LogP contribution in [0.3, 0.4) is 0 Å². The summed E-state index contributed by atoms with van der Waals surface area (Å²) in [5, 5.41) is 0. The van der Waals surface area contributed by atoms with Crippen LogP contribution in [0.15, 0.2) is 28.7 Å². The van der Waals surface area contributed by atoms with Crippen LogP contribution in [0.1, 0.15) is 34.6 Å². The lowest BCUT2D eigenvalue weighted by atomic mass is 9.95. The highest BCUT2D eigenvalue weighted by molar-refractivity contribution is 9.10. The van der Waals surface area contributed by atoms with Gasteiger partial charge in [-0.3, -0.25) is 0 Å². The van der Waals surface area contributed by atoms with Crippen molar-refractivity contribution in [3.8, 4) is 5.75 Å². The fourth-order valence-electron chi connectivity index (χ4n) is 2.32. The van der Waals surface area contributed by atoms with Crippen LogP contribution in [0, 0.1) is 6.92 Å². The Hall–Kier alpha value is -0.550. The van der Waals surface area contributed by atoms with E-state index in [9.17, 15) is 0 Å². The van der Waals surface area contributed by atoms with E-state index >= 15 is 0 Å². The number of ether oxygens (including phenoxy) is 1. The number of halogens is 2. The van der Waals surface area contributed by atoms with Crippen molar-refractivity contribution in [1.29, 1.82) is 0 Å². The predicted molar refractivity (Wildman–Crippen MR) is 83.1 cm³/mol. The van der Waals surface area contributed by atoms with Crippen LogP contribution in [0.4, 0.5) is 0 Å². The van der Waals surface area contributed by atoms with Gasteiger partial charge in [-0.25, -0.2) is 0 Å². The van der Waals surface area contributed by atoms with E-state index in [1.165, 1.54) is 16.9 Å². The molecule has 0 bridgehead atoms. The molecule has 0 amide bonds. The van der Waals surface area contributed by atoms with E-state index in [1.54, 1.807) is 0 Å². The van der Waals surface area contributed by atoms with Gasteiger partial charge in [-0.15, -0.1) is 11.3 Å². The van der Waals surface area contributed by atoms with Crippen molar-refractivity contribution >= 4 is 38.9 Å². The summed E-state index contributed by atoms with van der Waals surface area (Å²) >= 11 is 11.1. The molecule has 2 aromatic rings. The number of aryl methyl sites for hydroxylation is 1. The summed E-state index contributed by atoms with van der Waals surface area (Å²) in [4.78, 5) is 1.11. The SMILES string of the molecule is Cc1ccc2c(c1)[C@H](N)CC(c1cc(Br)c(Cl)s1)O2. The average molecular weight is 359 g/mol. The Kier molecular flexibility index (Phi) is 3.60. The third kappa shape index (κ3) is 2.55. The lowest BCUT2D eigenvalue weighted by molar-refractivity contribution is 0.165. The molecule has 2 N–H and O–H groups in total. The zero-order valence-electron chi connectivity index (χ0n) is 10.3. The Morgan fingerprint density at radius 1 is 1.42 bits per heavy atom. The zero-order valence-corrected chi connectivity index (χ0v) is 13.5. The number of fused-ring (bicyclic) bond motifs is 1. The highest BCUT2D eigenvalue weighted by atomic mass is 79.9. The first kappa shape index (κ1) is 13.4.